The van der Waals surface area contributed by atoms with Crippen LogP contribution in [0, 0.1) is 5.92 Å². The van der Waals surface area contributed by atoms with Crippen LogP contribution in [0.25, 0.3) is 10.9 Å². The quantitative estimate of drug-likeness (QED) is 0.673. The van der Waals surface area contributed by atoms with Gasteiger partial charge in [0.2, 0.25) is 0 Å². The van der Waals surface area contributed by atoms with Gasteiger partial charge in [-0.15, -0.1) is 0 Å². The number of rotatable bonds is 5. The minimum atomic E-state index is -0.200. The lowest BCUT2D eigenvalue weighted by Crippen LogP contribution is -2.37. The molecule has 1 aliphatic heterocycles. The third-order valence-corrected chi connectivity index (χ3v) is 3.76. The predicted molar refractivity (Wildman–Crippen MR) is 80.5 cm³/mol. The Hall–Kier alpha value is -1.85. The smallest absolute Gasteiger partial charge is 0.319 e. The third-order valence-electron chi connectivity index (χ3n) is 3.76. The van der Waals surface area contributed by atoms with E-state index in [-0.39, 0.29) is 11.9 Å². The lowest BCUT2D eigenvalue weighted by atomic mass is 10.1. The van der Waals surface area contributed by atoms with Crippen LogP contribution in [-0.2, 0) is 16.0 Å². The summed E-state index contributed by atoms with van der Waals surface area (Å²) in [5, 5.41) is 1.01. The molecule has 1 aromatic heterocycles. The summed E-state index contributed by atoms with van der Waals surface area (Å²) in [6.07, 6.45) is 2.91. The van der Waals surface area contributed by atoms with E-state index in [1.54, 1.807) is 0 Å². The molecule has 3 rings (SSSR count). The van der Waals surface area contributed by atoms with E-state index in [0.717, 1.165) is 23.9 Å². The Morgan fingerprint density at radius 2 is 2.24 bits per heavy atom. The Morgan fingerprint density at radius 1 is 1.43 bits per heavy atom. The van der Waals surface area contributed by atoms with Crippen molar-refractivity contribution in [1.82, 2.24) is 9.88 Å². The lowest BCUT2D eigenvalue weighted by Gasteiger charge is -2.23. The van der Waals surface area contributed by atoms with Gasteiger partial charge in [0.1, 0.15) is 11.7 Å². The SMILES string of the molecule is CN(C)CCc1c[nH]c2cccc(OC(=O)C3COC3)c12. The Balaban J connectivity index is 1.86. The maximum atomic E-state index is 12.0. The molecule has 0 amide bonds. The van der Waals surface area contributed by atoms with E-state index in [2.05, 4.69) is 9.88 Å². The first-order valence-electron chi connectivity index (χ1n) is 7.18. The topological polar surface area (TPSA) is 54.6 Å². The molecular formula is C16H20N2O3. The van der Waals surface area contributed by atoms with E-state index in [9.17, 15) is 4.79 Å². The summed E-state index contributed by atoms with van der Waals surface area (Å²) in [6.45, 7) is 1.89. The number of hydrogen-bond donors (Lipinski definition) is 1. The highest BCUT2D eigenvalue weighted by Crippen LogP contribution is 2.30. The second-order valence-corrected chi connectivity index (χ2v) is 5.70. The monoisotopic (exact) mass is 288 g/mol. The van der Waals surface area contributed by atoms with Crippen LogP contribution in [0.15, 0.2) is 24.4 Å². The maximum absolute atomic E-state index is 12.0. The van der Waals surface area contributed by atoms with Crippen LogP contribution in [0.3, 0.4) is 0 Å². The standard InChI is InChI=1S/C16H20N2O3/c1-18(2)7-6-11-8-17-13-4-3-5-14(15(11)13)21-16(19)12-9-20-10-12/h3-5,8,12,17H,6-7,9-10H2,1-2H3. The molecule has 112 valence electrons. The molecule has 1 saturated heterocycles. The molecule has 0 bridgehead atoms. The number of ether oxygens (including phenoxy) is 2. The summed E-state index contributed by atoms with van der Waals surface area (Å²) in [7, 11) is 4.10. The summed E-state index contributed by atoms with van der Waals surface area (Å²) in [5.41, 5.74) is 2.17. The van der Waals surface area contributed by atoms with Crippen LogP contribution in [-0.4, -0.2) is 49.7 Å². The Bertz CT molecular complexity index is 644. The molecular weight excluding hydrogens is 268 g/mol. The van der Waals surface area contributed by atoms with E-state index in [1.165, 1.54) is 5.56 Å². The van der Waals surface area contributed by atoms with Gasteiger partial charge in [-0.2, -0.15) is 0 Å². The number of hydrogen-bond acceptors (Lipinski definition) is 4. The molecule has 0 radical (unpaired) electrons. The first-order chi connectivity index (χ1) is 10.1. The molecule has 2 heterocycles. The van der Waals surface area contributed by atoms with Crippen LogP contribution in [0.1, 0.15) is 5.56 Å². The molecule has 1 aromatic carbocycles. The fourth-order valence-corrected chi connectivity index (χ4v) is 2.41. The first kappa shape index (κ1) is 14.1. The number of esters is 1. The van der Waals surface area contributed by atoms with Gasteiger partial charge in [-0.05, 0) is 38.2 Å². The number of fused-ring (bicyclic) bond motifs is 1. The van der Waals surface area contributed by atoms with Crippen molar-refractivity contribution in [2.75, 3.05) is 33.9 Å². The van der Waals surface area contributed by atoms with Gasteiger partial charge >= 0.3 is 5.97 Å². The largest absolute Gasteiger partial charge is 0.425 e. The molecule has 0 aliphatic carbocycles. The molecule has 21 heavy (non-hydrogen) atoms. The van der Waals surface area contributed by atoms with Crippen LogP contribution < -0.4 is 4.74 Å². The van der Waals surface area contributed by atoms with Crippen molar-refractivity contribution in [2.45, 2.75) is 6.42 Å². The second-order valence-electron chi connectivity index (χ2n) is 5.70. The normalized spacial score (nSPS) is 15.4. The number of carbonyl (C=O) groups is 1. The highest BCUT2D eigenvalue weighted by molar-refractivity contribution is 5.91. The van der Waals surface area contributed by atoms with E-state index >= 15 is 0 Å². The van der Waals surface area contributed by atoms with Gasteiger partial charge in [0.05, 0.1) is 13.2 Å². The molecule has 5 heteroatoms. The number of likely N-dealkylation sites (N-methyl/N-ethyl adjacent to an activating group) is 1. The summed E-state index contributed by atoms with van der Waals surface area (Å²) in [6, 6.07) is 5.75. The molecule has 2 aromatic rings. The van der Waals surface area contributed by atoms with E-state index < -0.39 is 0 Å². The van der Waals surface area contributed by atoms with Crippen molar-refractivity contribution in [3.63, 3.8) is 0 Å². The fraction of sp³-hybridized carbons (Fsp3) is 0.438. The molecule has 1 aliphatic rings. The van der Waals surface area contributed by atoms with Crippen LogP contribution in [0.4, 0.5) is 0 Å². The van der Waals surface area contributed by atoms with Gasteiger partial charge in [0.25, 0.3) is 0 Å². The summed E-state index contributed by atoms with van der Waals surface area (Å²) >= 11 is 0. The number of carbonyl (C=O) groups excluding carboxylic acids is 1. The van der Waals surface area contributed by atoms with Gasteiger partial charge in [-0.1, -0.05) is 6.07 Å². The fourth-order valence-electron chi connectivity index (χ4n) is 2.41. The molecule has 5 nitrogen and oxygen atoms in total. The minimum Gasteiger partial charge on any atom is -0.425 e. The van der Waals surface area contributed by atoms with Crippen molar-refractivity contribution in [2.24, 2.45) is 5.92 Å². The molecule has 0 atom stereocenters. The Labute approximate surface area is 123 Å². The third kappa shape index (κ3) is 2.94. The predicted octanol–water partition coefficient (Wildman–Crippen LogP) is 1.82. The number of H-pyrrole nitrogens is 1. The van der Waals surface area contributed by atoms with Crippen LogP contribution in [0.2, 0.25) is 0 Å². The Morgan fingerprint density at radius 3 is 2.90 bits per heavy atom. The zero-order valence-corrected chi connectivity index (χ0v) is 12.4. The zero-order chi connectivity index (χ0) is 14.8. The van der Waals surface area contributed by atoms with Gasteiger partial charge in [-0.25, -0.2) is 0 Å². The van der Waals surface area contributed by atoms with Gasteiger partial charge in [-0.3, -0.25) is 4.79 Å². The number of nitrogens with zero attached hydrogens (tertiary/aromatic N) is 1. The van der Waals surface area contributed by atoms with Gasteiger partial charge in [0.15, 0.2) is 0 Å². The van der Waals surface area contributed by atoms with Crippen molar-refractivity contribution >= 4 is 16.9 Å². The van der Waals surface area contributed by atoms with Gasteiger partial charge in [0, 0.05) is 23.6 Å². The highest BCUT2D eigenvalue weighted by Gasteiger charge is 2.29. The average Bonchev–Trinajstić information content (AvgIpc) is 2.78. The number of nitrogens with one attached hydrogen (secondary N) is 1. The van der Waals surface area contributed by atoms with E-state index in [0.29, 0.717) is 19.0 Å². The molecule has 0 spiro atoms. The Kier molecular flexibility index (Phi) is 3.94. The first-order valence-corrected chi connectivity index (χ1v) is 7.18. The lowest BCUT2D eigenvalue weighted by molar-refractivity contribution is -0.153. The summed E-state index contributed by atoms with van der Waals surface area (Å²) in [4.78, 5) is 17.4. The van der Waals surface area contributed by atoms with Gasteiger partial charge < -0.3 is 19.4 Å². The number of aromatic nitrogens is 1. The zero-order valence-electron chi connectivity index (χ0n) is 12.4. The molecule has 1 N–H and O–H groups in total. The minimum absolute atomic E-state index is 0.121. The maximum Gasteiger partial charge on any atom is 0.319 e. The van der Waals surface area contributed by atoms with Crippen molar-refractivity contribution < 1.29 is 14.3 Å². The van der Waals surface area contributed by atoms with E-state index in [1.807, 2.05) is 38.5 Å². The number of aromatic amines is 1. The van der Waals surface area contributed by atoms with Crippen LogP contribution in [0.5, 0.6) is 5.75 Å². The van der Waals surface area contributed by atoms with Crippen LogP contribution >= 0.6 is 0 Å². The van der Waals surface area contributed by atoms with E-state index in [4.69, 9.17) is 9.47 Å². The summed E-state index contributed by atoms with van der Waals surface area (Å²) < 4.78 is 10.6. The number of benzene rings is 1. The van der Waals surface area contributed by atoms with Crippen molar-refractivity contribution in [1.29, 1.82) is 0 Å². The second kappa shape index (κ2) is 5.87. The molecule has 0 saturated carbocycles. The summed E-state index contributed by atoms with van der Waals surface area (Å²) in [5.74, 6) is 0.317. The average molecular weight is 288 g/mol. The molecule has 0 unspecified atom stereocenters. The molecule has 1 fully saturated rings. The van der Waals surface area contributed by atoms with Crippen molar-refractivity contribution in [3.8, 4) is 5.75 Å². The van der Waals surface area contributed by atoms with Crippen molar-refractivity contribution in [3.05, 3.63) is 30.0 Å². The highest BCUT2D eigenvalue weighted by atomic mass is 16.6.